The van der Waals surface area contributed by atoms with Crippen molar-refractivity contribution in [1.29, 1.82) is 0 Å². The zero-order chi connectivity index (χ0) is 19.2. The van der Waals surface area contributed by atoms with Crippen LogP contribution in [0.2, 0.25) is 0 Å². The number of hydrogen-bond acceptors (Lipinski definition) is 5. The third kappa shape index (κ3) is 5.37. The Bertz CT molecular complexity index is 733. The number of ether oxygens (including phenoxy) is 1. The summed E-state index contributed by atoms with van der Waals surface area (Å²) in [5, 5.41) is 16.5. The van der Waals surface area contributed by atoms with Crippen molar-refractivity contribution < 1.29 is 9.84 Å². The maximum absolute atomic E-state index is 9.63. The molecule has 1 aliphatic rings. The van der Waals surface area contributed by atoms with Gasteiger partial charge in [0.05, 0.1) is 12.2 Å². The quantitative estimate of drug-likeness (QED) is 0.561. The highest BCUT2D eigenvalue weighted by molar-refractivity contribution is 5.54. The second-order valence-corrected chi connectivity index (χ2v) is 7.40. The van der Waals surface area contributed by atoms with E-state index in [9.17, 15) is 5.11 Å². The second kappa shape index (κ2) is 9.11. The summed E-state index contributed by atoms with van der Waals surface area (Å²) in [6.45, 7) is 4.88. The maximum atomic E-state index is 9.63. The van der Waals surface area contributed by atoms with Crippen LogP contribution < -0.4 is 21.1 Å². The van der Waals surface area contributed by atoms with Crippen LogP contribution in [0, 0.1) is 6.92 Å². The molecular weight excluding hydrogens is 338 g/mol. The summed E-state index contributed by atoms with van der Waals surface area (Å²) in [5.74, 6) is 1.16. The Labute approximate surface area is 161 Å². The Morgan fingerprint density at radius 1 is 1.22 bits per heavy atom. The van der Waals surface area contributed by atoms with Crippen molar-refractivity contribution in [3.63, 3.8) is 0 Å². The molecule has 2 aromatic carbocycles. The molecule has 3 atom stereocenters. The lowest BCUT2D eigenvalue weighted by atomic mass is 9.99. The Kier molecular flexibility index (Phi) is 6.58. The minimum atomic E-state index is -0.0591. The highest BCUT2D eigenvalue weighted by Gasteiger charge is 2.30. The second-order valence-electron chi connectivity index (χ2n) is 7.40. The minimum absolute atomic E-state index is 0.0282. The molecule has 5 nitrogen and oxygen atoms in total. The van der Waals surface area contributed by atoms with E-state index < -0.39 is 0 Å². The van der Waals surface area contributed by atoms with Crippen molar-refractivity contribution in [2.45, 2.75) is 57.8 Å². The molecule has 27 heavy (non-hydrogen) atoms. The first-order valence-corrected chi connectivity index (χ1v) is 9.86. The zero-order valence-electron chi connectivity index (χ0n) is 16.2. The third-order valence-corrected chi connectivity index (χ3v) is 5.12. The summed E-state index contributed by atoms with van der Waals surface area (Å²) in [6.07, 6.45) is 4.20. The SMILES string of the molecule is CCCCc1ccc(OC2CNC(N)CC2Nc2ccc(O)cc2C)cc1. The predicted molar refractivity (Wildman–Crippen MR) is 110 cm³/mol. The number of piperidine rings is 1. The van der Waals surface area contributed by atoms with Crippen LogP contribution in [0.1, 0.15) is 37.3 Å². The monoisotopic (exact) mass is 369 g/mol. The first-order chi connectivity index (χ1) is 13.0. The van der Waals surface area contributed by atoms with Gasteiger partial charge in [0, 0.05) is 12.2 Å². The van der Waals surface area contributed by atoms with Gasteiger partial charge in [-0.05, 0) is 67.6 Å². The van der Waals surface area contributed by atoms with Gasteiger partial charge in [-0.2, -0.15) is 0 Å². The van der Waals surface area contributed by atoms with Gasteiger partial charge in [-0.3, -0.25) is 5.32 Å². The fraction of sp³-hybridized carbons (Fsp3) is 0.455. The maximum Gasteiger partial charge on any atom is 0.131 e. The largest absolute Gasteiger partial charge is 0.508 e. The zero-order valence-corrected chi connectivity index (χ0v) is 16.2. The molecule has 1 aliphatic heterocycles. The molecule has 0 bridgehead atoms. The van der Waals surface area contributed by atoms with E-state index >= 15 is 0 Å². The summed E-state index contributed by atoms with van der Waals surface area (Å²) < 4.78 is 6.28. The number of aromatic hydroxyl groups is 1. The van der Waals surface area contributed by atoms with Crippen molar-refractivity contribution in [3.05, 3.63) is 53.6 Å². The number of aryl methyl sites for hydroxylation is 2. The number of nitrogens with one attached hydrogen (secondary N) is 2. The number of nitrogens with two attached hydrogens (primary N) is 1. The Hall–Kier alpha value is -2.24. The molecular formula is C22H31N3O2. The van der Waals surface area contributed by atoms with Crippen LogP contribution in [0.3, 0.4) is 0 Å². The van der Waals surface area contributed by atoms with Gasteiger partial charge in [-0.25, -0.2) is 0 Å². The fourth-order valence-electron chi connectivity index (χ4n) is 3.49. The summed E-state index contributed by atoms with van der Waals surface area (Å²) in [7, 11) is 0. The van der Waals surface area contributed by atoms with E-state index in [0.717, 1.165) is 29.8 Å². The number of hydrogen-bond donors (Lipinski definition) is 4. The van der Waals surface area contributed by atoms with E-state index in [1.54, 1.807) is 12.1 Å². The molecule has 1 heterocycles. The lowest BCUT2D eigenvalue weighted by Crippen LogP contribution is -2.57. The Balaban J connectivity index is 1.68. The molecule has 5 N–H and O–H groups in total. The molecule has 0 saturated carbocycles. The van der Waals surface area contributed by atoms with E-state index in [4.69, 9.17) is 10.5 Å². The lowest BCUT2D eigenvalue weighted by molar-refractivity contribution is 0.136. The van der Waals surface area contributed by atoms with Crippen molar-refractivity contribution in [2.24, 2.45) is 5.73 Å². The van der Waals surface area contributed by atoms with E-state index in [1.165, 1.54) is 18.4 Å². The number of benzene rings is 2. The molecule has 1 saturated heterocycles. The van der Waals surface area contributed by atoms with Gasteiger partial charge in [0.25, 0.3) is 0 Å². The average Bonchev–Trinajstić information content (AvgIpc) is 2.65. The first kappa shape index (κ1) is 19.5. The summed E-state index contributed by atoms with van der Waals surface area (Å²) in [6, 6.07) is 13.9. The molecule has 0 spiro atoms. The number of unbranched alkanes of at least 4 members (excludes halogenated alkanes) is 1. The van der Waals surface area contributed by atoms with E-state index in [1.807, 2.05) is 13.0 Å². The fourth-order valence-corrected chi connectivity index (χ4v) is 3.49. The van der Waals surface area contributed by atoms with Crippen molar-refractivity contribution in [1.82, 2.24) is 5.32 Å². The summed E-state index contributed by atoms with van der Waals surface area (Å²) in [4.78, 5) is 0. The molecule has 3 rings (SSSR count). The van der Waals surface area contributed by atoms with Crippen molar-refractivity contribution >= 4 is 5.69 Å². The van der Waals surface area contributed by atoms with Crippen LogP contribution in [0.4, 0.5) is 5.69 Å². The number of phenolic OH excluding ortho intramolecular Hbond substituents is 1. The number of anilines is 1. The van der Waals surface area contributed by atoms with Crippen LogP contribution >= 0.6 is 0 Å². The van der Waals surface area contributed by atoms with E-state index in [-0.39, 0.29) is 24.1 Å². The van der Waals surface area contributed by atoms with Gasteiger partial charge < -0.3 is 20.9 Å². The Morgan fingerprint density at radius 2 is 2.00 bits per heavy atom. The molecule has 0 aromatic heterocycles. The highest BCUT2D eigenvalue weighted by Crippen LogP contribution is 2.25. The van der Waals surface area contributed by atoms with E-state index in [2.05, 4.69) is 41.8 Å². The van der Waals surface area contributed by atoms with E-state index in [0.29, 0.717) is 6.54 Å². The lowest BCUT2D eigenvalue weighted by Gasteiger charge is -2.37. The summed E-state index contributed by atoms with van der Waals surface area (Å²) >= 11 is 0. The average molecular weight is 370 g/mol. The molecule has 0 aliphatic carbocycles. The van der Waals surface area contributed by atoms with Crippen LogP contribution in [0.15, 0.2) is 42.5 Å². The highest BCUT2D eigenvalue weighted by atomic mass is 16.5. The molecule has 3 unspecified atom stereocenters. The van der Waals surface area contributed by atoms with Gasteiger partial charge in [-0.1, -0.05) is 25.5 Å². The molecule has 0 amide bonds. The molecule has 146 valence electrons. The van der Waals surface area contributed by atoms with Gasteiger partial charge in [-0.15, -0.1) is 0 Å². The smallest absolute Gasteiger partial charge is 0.131 e. The van der Waals surface area contributed by atoms with Crippen LogP contribution in [-0.4, -0.2) is 30.0 Å². The number of rotatable bonds is 7. The van der Waals surface area contributed by atoms with Gasteiger partial charge in [0.2, 0.25) is 0 Å². The molecule has 2 aromatic rings. The molecule has 0 radical (unpaired) electrons. The van der Waals surface area contributed by atoms with Crippen LogP contribution in [0.5, 0.6) is 11.5 Å². The van der Waals surface area contributed by atoms with Gasteiger partial charge >= 0.3 is 0 Å². The minimum Gasteiger partial charge on any atom is -0.508 e. The van der Waals surface area contributed by atoms with Crippen molar-refractivity contribution in [3.8, 4) is 11.5 Å². The van der Waals surface area contributed by atoms with Crippen LogP contribution in [-0.2, 0) is 6.42 Å². The standard InChI is InChI=1S/C22H31N3O2/c1-3-4-5-16-6-9-18(10-7-16)27-21-14-24-22(23)13-20(21)25-19-11-8-17(26)12-15(19)2/h6-12,20-22,24-26H,3-5,13-14,23H2,1-2H3. The van der Waals surface area contributed by atoms with Gasteiger partial charge in [0.15, 0.2) is 0 Å². The number of phenols is 1. The topological polar surface area (TPSA) is 79.5 Å². The van der Waals surface area contributed by atoms with Crippen LogP contribution in [0.25, 0.3) is 0 Å². The normalized spacial score (nSPS) is 22.4. The Morgan fingerprint density at radius 3 is 2.70 bits per heavy atom. The molecule has 1 fully saturated rings. The van der Waals surface area contributed by atoms with Gasteiger partial charge in [0.1, 0.15) is 17.6 Å². The first-order valence-electron chi connectivity index (χ1n) is 9.86. The summed E-state index contributed by atoms with van der Waals surface area (Å²) in [5.41, 5.74) is 9.46. The predicted octanol–water partition coefficient (Wildman–Crippen LogP) is 3.55. The molecule has 5 heteroatoms. The van der Waals surface area contributed by atoms with Crippen molar-refractivity contribution in [2.75, 3.05) is 11.9 Å². The third-order valence-electron chi connectivity index (χ3n) is 5.12.